The molecule has 5 nitrogen and oxygen atoms in total. The lowest BCUT2D eigenvalue weighted by atomic mass is 10.0. The molecule has 4 rings (SSSR count). The maximum Gasteiger partial charge on any atom is 0.317 e. The number of aryl methyl sites for hydroxylation is 2. The number of hydrogen-bond donors (Lipinski definition) is 1. The summed E-state index contributed by atoms with van der Waals surface area (Å²) >= 11 is 0. The van der Waals surface area contributed by atoms with Crippen molar-refractivity contribution in [1.29, 1.82) is 0 Å². The topological polar surface area (TPSA) is 38.8 Å². The normalized spacial score (nSPS) is 22.6. The summed E-state index contributed by atoms with van der Waals surface area (Å²) in [7, 11) is 0. The number of anilines is 1. The number of likely N-dealkylation sites (tertiary alicyclic amines) is 1. The quantitative estimate of drug-likeness (QED) is 0.866. The zero-order valence-electron chi connectivity index (χ0n) is 17.6. The van der Waals surface area contributed by atoms with Gasteiger partial charge in [0.2, 0.25) is 0 Å². The highest BCUT2D eigenvalue weighted by Gasteiger charge is 2.29. The van der Waals surface area contributed by atoms with E-state index in [1.165, 1.54) is 42.5 Å². The standard InChI is InChI=1S/C23H36N4O/c1-18-7-8-22(17-19(18)2)26-13-15-27(16-14-26)23(28)24-20-9-11-25(12-10-20)21-5-3-4-6-21/h7-8,17,20-21H,3-6,9-16H2,1-2H3,(H,24,28). The SMILES string of the molecule is Cc1ccc(N2CCN(C(=O)NC3CCN(C4CCCC4)CC3)CC2)cc1C. The highest BCUT2D eigenvalue weighted by Crippen LogP contribution is 2.26. The van der Waals surface area contributed by atoms with E-state index in [0.717, 1.165) is 58.2 Å². The molecule has 0 bridgehead atoms. The number of rotatable bonds is 3. The van der Waals surface area contributed by atoms with Crippen molar-refractivity contribution in [3.8, 4) is 0 Å². The van der Waals surface area contributed by atoms with Crippen molar-refractivity contribution < 1.29 is 4.79 Å². The number of carbonyl (C=O) groups is 1. The van der Waals surface area contributed by atoms with Crippen molar-refractivity contribution in [2.24, 2.45) is 0 Å². The van der Waals surface area contributed by atoms with Crippen LogP contribution in [0.3, 0.4) is 0 Å². The molecular formula is C23H36N4O. The molecule has 0 unspecified atom stereocenters. The van der Waals surface area contributed by atoms with Gasteiger partial charge >= 0.3 is 6.03 Å². The lowest BCUT2D eigenvalue weighted by Crippen LogP contribution is -2.55. The smallest absolute Gasteiger partial charge is 0.317 e. The van der Waals surface area contributed by atoms with Crippen LogP contribution in [-0.4, -0.2) is 67.2 Å². The van der Waals surface area contributed by atoms with Crippen molar-refractivity contribution in [3.05, 3.63) is 29.3 Å². The number of amides is 2. The summed E-state index contributed by atoms with van der Waals surface area (Å²) in [5.74, 6) is 0. The second-order valence-corrected chi connectivity index (χ2v) is 8.94. The molecule has 28 heavy (non-hydrogen) atoms. The van der Waals surface area contributed by atoms with E-state index in [2.05, 4.69) is 47.2 Å². The minimum absolute atomic E-state index is 0.138. The summed E-state index contributed by atoms with van der Waals surface area (Å²) in [5, 5.41) is 3.31. The highest BCUT2D eigenvalue weighted by atomic mass is 16.2. The summed E-state index contributed by atoms with van der Waals surface area (Å²) in [5.41, 5.74) is 3.95. The van der Waals surface area contributed by atoms with Gasteiger partial charge in [0.25, 0.3) is 0 Å². The van der Waals surface area contributed by atoms with Crippen molar-refractivity contribution >= 4 is 11.7 Å². The molecular weight excluding hydrogens is 348 g/mol. The first kappa shape index (κ1) is 19.6. The average molecular weight is 385 g/mol. The van der Waals surface area contributed by atoms with Gasteiger partial charge in [0, 0.05) is 57.0 Å². The van der Waals surface area contributed by atoms with Crippen LogP contribution in [0, 0.1) is 13.8 Å². The first-order valence-electron chi connectivity index (χ1n) is 11.2. The maximum absolute atomic E-state index is 12.7. The fourth-order valence-corrected chi connectivity index (χ4v) is 5.03. The zero-order valence-corrected chi connectivity index (χ0v) is 17.6. The number of nitrogens with one attached hydrogen (secondary N) is 1. The van der Waals surface area contributed by atoms with Crippen molar-refractivity contribution in [2.45, 2.75) is 64.5 Å². The molecule has 1 aliphatic carbocycles. The molecule has 154 valence electrons. The van der Waals surface area contributed by atoms with Crippen molar-refractivity contribution in [3.63, 3.8) is 0 Å². The van der Waals surface area contributed by atoms with E-state index in [-0.39, 0.29) is 6.03 Å². The molecule has 5 heteroatoms. The molecule has 0 aromatic heterocycles. The monoisotopic (exact) mass is 384 g/mol. The molecule has 3 fully saturated rings. The summed E-state index contributed by atoms with van der Waals surface area (Å²) < 4.78 is 0. The van der Waals surface area contributed by atoms with E-state index in [4.69, 9.17) is 0 Å². The highest BCUT2D eigenvalue weighted by molar-refractivity contribution is 5.75. The van der Waals surface area contributed by atoms with Crippen LogP contribution in [0.25, 0.3) is 0 Å². The largest absolute Gasteiger partial charge is 0.368 e. The molecule has 2 aliphatic heterocycles. The molecule has 1 aromatic rings. The number of benzene rings is 1. The second kappa shape index (κ2) is 8.73. The third kappa shape index (κ3) is 4.45. The Morgan fingerprint density at radius 3 is 2.21 bits per heavy atom. The maximum atomic E-state index is 12.7. The Morgan fingerprint density at radius 1 is 0.893 bits per heavy atom. The summed E-state index contributed by atoms with van der Waals surface area (Å²) in [6.07, 6.45) is 7.75. The summed E-state index contributed by atoms with van der Waals surface area (Å²) in [6, 6.07) is 7.97. The zero-order chi connectivity index (χ0) is 19.5. The Morgan fingerprint density at radius 2 is 1.57 bits per heavy atom. The van der Waals surface area contributed by atoms with Crippen LogP contribution in [0.2, 0.25) is 0 Å². The first-order chi connectivity index (χ1) is 13.6. The van der Waals surface area contributed by atoms with Crippen LogP contribution in [0.4, 0.5) is 10.5 Å². The van der Waals surface area contributed by atoms with Gasteiger partial charge in [0.05, 0.1) is 0 Å². The van der Waals surface area contributed by atoms with Gasteiger partial charge in [0.15, 0.2) is 0 Å². The minimum Gasteiger partial charge on any atom is -0.368 e. The third-order valence-corrected chi connectivity index (χ3v) is 7.12. The van der Waals surface area contributed by atoms with Crippen LogP contribution in [0.5, 0.6) is 0 Å². The molecule has 0 atom stereocenters. The molecule has 1 saturated carbocycles. The predicted molar refractivity (Wildman–Crippen MR) is 115 cm³/mol. The number of nitrogens with zero attached hydrogens (tertiary/aromatic N) is 3. The number of carbonyl (C=O) groups excluding carboxylic acids is 1. The molecule has 2 saturated heterocycles. The second-order valence-electron chi connectivity index (χ2n) is 8.94. The lowest BCUT2D eigenvalue weighted by molar-refractivity contribution is 0.139. The summed E-state index contributed by atoms with van der Waals surface area (Å²) in [6.45, 7) is 10.1. The molecule has 1 N–H and O–H groups in total. The van der Waals surface area contributed by atoms with E-state index in [9.17, 15) is 4.79 Å². The molecule has 2 amide bonds. The van der Waals surface area contributed by atoms with Crippen molar-refractivity contribution in [2.75, 3.05) is 44.2 Å². The predicted octanol–water partition coefficient (Wildman–Crippen LogP) is 3.54. The van der Waals surface area contributed by atoms with Gasteiger partial charge in [-0.05, 0) is 62.8 Å². The van der Waals surface area contributed by atoms with Gasteiger partial charge in [0.1, 0.15) is 0 Å². The van der Waals surface area contributed by atoms with Crippen LogP contribution < -0.4 is 10.2 Å². The van der Waals surface area contributed by atoms with Gasteiger partial charge in [-0.25, -0.2) is 4.79 Å². The Balaban J connectivity index is 1.21. The Kier molecular flexibility index (Phi) is 6.10. The fraction of sp³-hybridized carbons (Fsp3) is 0.696. The van der Waals surface area contributed by atoms with Crippen LogP contribution >= 0.6 is 0 Å². The van der Waals surface area contributed by atoms with E-state index in [0.29, 0.717) is 6.04 Å². The van der Waals surface area contributed by atoms with E-state index < -0.39 is 0 Å². The number of hydrogen-bond acceptors (Lipinski definition) is 3. The van der Waals surface area contributed by atoms with Crippen LogP contribution in [0.15, 0.2) is 18.2 Å². The van der Waals surface area contributed by atoms with Gasteiger partial charge < -0.3 is 20.0 Å². The van der Waals surface area contributed by atoms with E-state index in [1.807, 2.05) is 4.90 Å². The summed E-state index contributed by atoms with van der Waals surface area (Å²) in [4.78, 5) is 19.8. The average Bonchev–Trinajstić information content (AvgIpc) is 3.26. The molecule has 0 spiro atoms. The third-order valence-electron chi connectivity index (χ3n) is 7.12. The molecule has 3 aliphatic rings. The van der Waals surface area contributed by atoms with Gasteiger partial charge in [-0.2, -0.15) is 0 Å². The van der Waals surface area contributed by atoms with E-state index >= 15 is 0 Å². The van der Waals surface area contributed by atoms with Crippen molar-refractivity contribution in [1.82, 2.24) is 15.1 Å². The Bertz CT molecular complexity index is 669. The Labute approximate surface area is 170 Å². The molecule has 1 aromatic carbocycles. The number of piperazine rings is 1. The first-order valence-corrected chi connectivity index (χ1v) is 11.2. The molecule has 2 heterocycles. The lowest BCUT2D eigenvalue weighted by Gasteiger charge is -2.39. The molecule has 0 radical (unpaired) electrons. The van der Waals surface area contributed by atoms with E-state index in [1.54, 1.807) is 0 Å². The number of piperidine rings is 1. The van der Waals surface area contributed by atoms with Gasteiger partial charge in [-0.3, -0.25) is 0 Å². The minimum atomic E-state index is 0.138. The van der Waals surface area contributed by atoms with Crippen LogP contribution in [0.1, 0.15) is 49.7 Å². The van der Waals surface area contributed by atoms with Gasteiger partial charge in [-0.1, -0.05) is 18.9 Å². The van der Waals surface area contributed by atoms with Gasteiger partial charge in [-0.15, -0.1) is 0 Å². The fourth-order valence-electron chi connectivity index (χ4n) is 5.03. The Hall–Kier alpha value is -1.75. The van der Waals surface area contributed by atoms with Crippen LogP contribution in [-0.2, 0) is 0 Å². The number of urea groups is 1.